The van der Waals surface area contributed by atoms with Crippen LogP contribution in [0.1, 0.15) is 12.0 Å². The van der Waals surface area contributed by atoms with Gasteiger partial charge in [0.2, 0.25) is 0 Å². The molecule has 0 heterocycles. The van der Waals surface area contributed by atoms with Crippen LogP contribution in [0.25, 0.3) is 0 Å². The predicted octanol–water partition coefficient (Wildman–Crippen LogP) is 1.96. The molecule has 0 fully saturated rings. The van der Waals surface area contributed by atoms with Gasteiger partial charge in [-0.05, 0) is 24.3 Å². The van der Waals surface area contributed by atoms with Crippen LogP contribution in [0.3, 0.4) is 0 Å². The molecule has 0 aromatic heterocycles. The fourth-order valence-electron chi connectivity index (χ4n) is 0.860. The Morgan fingerprint density at radius 2 is 2.00 bits per heavy atom. The van der Waals surface area contributed by atoms with Gasteiger partial charge in [0.1, 0.15) is 5.75 Å². The second kappa shape index (κ2) is 4.85. The highest BCUT2D eigenvalue weighted by Gasteiger charge is 1.88. The van der Waals surface area contributed by atoms with E-state index in [0.717, 1.165) is 11.3 Å². The molecule has 0 N–H and O–H groups in total. The standard InChI is InChI=1S/C11H9NO/c1-13-11-7-5-10(6-8-11)4-2-3-9-12/h5-8H,3H2,1H3. The molecule has 1 rings (SSSR count). The van der Waals surface area contributed by atoms with Crippen LogP contribution < -0.4 is 4.74 Å². The number of benzene rings is 1. The Labute approximate surface area is 77.8 Å². The van der Waals surface area contributed by atoms with Crippen molar-refractivity contribution >= 4 is 0 Å². The Hall–Kier alpha value is -1.93. The maximum atomic E-state index is 8.25. The van der Waals surface area contributed by atoms with Crippen molar-refractivity contribution < 1.29 is 4.74 Å². The molecule has 0 saturated heterocycles. The maximum Gasteiger partial charge on any atom is 0.118 e. The van der Waals surface area contributed by atoms with Gasteiger partial charge in [-0.3, -0.25) is 0 Å². The first-order valence-electron chi connectivity index (χ1n) is 3.86. The zero-order valence-corrected chi connectivity index (χ0v) is 7.37. The van der Waals surface area contributed by atoms with Crippen molar-refractivity contribution in [3.05, 3.63) is 29.8 Å². The average molecular weight is 171 g/mol. The summed E-state index contributed by atoms with van der Waals surface area (Å²) in [6.07, 6.45) is 0.270. The summed E-state index contributed by atoms with van der Waals surface area (Å²) in [5, 5.41) is 8.25. The summed E-state index contributed by atoms with van der Waals surface area (Å²) >= 11 is 0. The van der Waals surface area contributed by atoms with Crippen molar-refractivity contribution in [2.24, 2.45) is 0 Å². The minimum Gasteiger partial charge on any atom is -0.497 e. The highest BCUT2D eigenvalue weighted by atomic mass is 16.5. The normalized spacial score (nSPS) is 8.00. The molecule has 0 unspecified atom stereocenters. The molecule has 0 amide bonds. The molecule has 0 atom stereocenters. The number of rotatable bonds is 1. The third-order valence-corrected chi connectivity index (χ3v) is 1.49. The van der Waals surface area contributed by atoms with E-state index in [0.29, 0.717) is 0 Å². The molecule has 0 aliphatic heterocycles. The lowest BCUT2D eigenvalue weighted by molar-refractivity contribution is 0.415. The molecule has 0 saturated carbocycles. The Bertz CT molecular complexity index is 362. The molecule has 1 aromatic carbocycles. The summed E-state index contributed by atoms with van der Waals surface area (Å²) in [7, 11) is 1.62. The van der Waals surface area contributed by atoms with Gasteiger partial charge in [0.25, 0.3) is 0 Å². The van der Waals surface area contributed by atoms with Gasteiger partial charge in [-0.1, -0.05) is 11.8 Å². The smallest absolute Gasteiger partial charge is 0.118 e. The molecule has 2 heteroatoms. The summed E-state index contributed by atoms with van der Waals surface area (Å²) in [6, 6.07) is 9.38. The van der Waals surface area contributed by atoms with Gasteiger partial charge in [0, 0.05) is 5.56 Å². The van der Waals surface area contributed by atoms with Crippen LogP contribution >= 0.6 is 0 Å². The third kappa shape index (κ3) is 2.89. The molecule has 0 spiro atoms. The van der Waals surface area contributed by atoms with Gasteiger partial charge >= 0.3 is 0 Å². The first-order valence-corrected chi connectivity index (χ1v) is 3.86. The van der Waals surface area contributed by atoms with Crippen molar-refractivity contribution in [3.63, 3.8) is 0 Å². The van der Waals surface area contributed by atoms with Crippen molar-refractivity contribution in [3.8, 4) is 23.7 Å². The largest absolute Gasteiger partial charge is 0.497 e. The zero-order valence-electron chi connectivity index (χ0n) is 7.37. The highest BCUT2D eigenvalue weighted by Crippen LogP contribution is 2.09. The Kier molecular flexibility index (Phi) is 3.42. The van der Waals surface area contributed by atoms with Gasteiger partial charge in [-0.15, -0.1) is 0 Å². The number of hydrogen-bond acceptors (Lipinski definition) is 2. The molecule has 0 bridgehead atoms. The van der Waals surface area contributed by atoms with Crippen LogP contribution in [-0.2, 0) is 0 Å². The van der Waals surface area contributed by atoms with E-state index in [4.69, 9.17) is 10.00 Å². The number of hydrogen-bond donors (Lipinski definition) is 0. The Morgan fingerprint density at radius 3 is 2.54 bits per heavy atom. The van der Waals surface area contributed by atoms with Crippen molar-refractivity contribution in [1.82, 2.24) is 0 Å². The molecule has 13 heavy (non-hydrogen) atoms. The minimum absolute atomic E-state index is 0.270. The van der Waals surface area contributed by atoms with Crippen LogP contribution in [-0.4, -0.2) is 7.11 Å². The predicted molar refractivity (Wildman–Crippen MR) is 50.1 cm³/mol. The van der Waals surface area contributed by atoms with Gasteiger partial charge in [0.15, 0.2) is 0 Å². The molecule has 2 nitrogen and oxygen atoms in total. The monoisotopic (exact) mass is 171 g/mol. The zero-order chi connectivity index (χ0) is 9.52. The van der Waals surface area contributed by atoms with E-state index in [-0.39, 0.29) is 6.42 Å². The van der Waals surface area contributed by atoms with E-state index < -0.39 is 0 Å². The summed E-state index contributed by atoms with van der Waals surface area (Å²) < 4.78 is 4.99. The number of nitriles is 1. The molecule has 0 aliphatic rings. The topological polar surface area (TPSA) is 33.0 Å². The first-order chi connectivity index (χ1) is 6.36. The second-order valence-electron chi connectivity index (χ2n) is 2.37. The number of methoxy groups -OCH3 is 1. The van der Waals surface area contributed by atoms with Crippen molar-refractivity contribution in [2.45, 2.75) is 6.42 Å². The molecule has 64 valence electrons. The summed E-state index contributed by atoms with van der Waals surface area (Å²) in [6.45, 7) is 0. The maximum absolute atomic E-state index is 8.25. The van der Waals surface area contributed by atoms with Gasteiger partial charge < -0.3 is 4.74 Å². The Morgan fingerprint density at radius 1 is 1.31 bits per heavy atom. The van der Waals surface area contributed by atoms with E-state index in [1.807, 2.05) is 30.3 Å². The molecular weight excluding hydrogens is 162 g/mol. The van der Waals surface area contributed by atoms with E-state index in [1.54, 1.807) is 7.11 Å². The molecular formula is C11H9NO. The molecule has 1 aromatic rings. The number of ether oxygens (including phenoxy) is 1. The van der Waals surface area contributed by atoms with Crippen LogP contribution in [0.2, 0.25) is 0 Å². The van der Waals surface area contributed by atoms with Crippen molar-refractivity contribution in [2.75, 3.05) is 7.11 Å². The summed E-state index contributed by atoms with van der Waals surface area (Å²) in [5.74, 6) is 6.42. The van der Waals surface area contributed by atoms with Gasteiger partial charge in [0.05, 0.1) is 19.6 Å². The van der Waals surface area contributed by atoms with Gasteiger partial charge in [-0.2, -0.15) is 5.26 Å². The molecule has 0 radical (unpaired) electrons. The fourth-order valence-corrected chi connectivity index (χ4v) is 0.860. The Balaban J connectivity index is 2.72. The van der Waals surface area contributed by atoms with E-state index in [2.05, 4.69) is 11.8 Å². The van der Waals surface area contributed by atoms with Crippen LogP contribution in [0, 0.1) is 23.2 Å². The van der Waals surface area contributed by atoms with Crippen LogP contribution in [0.15, 0.2) is 24.3 Å². The van der Waals surface area contributed by atoms with E-state index >= 15 is 0 Å². The summed E-state index contributed by atoms with van der Waals surface area (Å²) in [5.41, 5.74) is 0.899. The lowest BCUT2D eigenvalue weighted by atomic mass is 10.2. The van der Waals surface area contributed by atoms with Crippen molar-refractivity contribution in [1.29, 1.82) is 5.26 Å². The van der Waals surface area contributed by atoms with Gasteiger partial charge in [-0.25, -0.2) is 0 Å². The van der Waals surface area contributed by atoms with Crippen LogP contribution in [0.5, 0.6) is 5.75 Å². The first kappa shape index (κ1) is 9.16. The van der Waals surface area contributed by atoms with E-state index in [1.165, 1.54) is 0 Å². The summed E-state index contributed by atoms with van der Waals surface area (Å²) in [4.78, 5) is 0. The SMILES string of the molecule is COc1ccc(C#CCC#N)cc1. The highest BCUT2D eigenvalue weighted by molar-refractivity contribution is 5.38. The second-order valence-corrected chi connectivity index (χ2v) is 2.37. The fraction of sp³-hybridized carbons (Fsp3) is 0.182. The average Bonchev–Trinajstić information content (AvgIpc) is 2.19. The lowest BCUT2D eigenvalue weighted by Gasteiger charge is -1.97. The van der Waals surface area contributed by atoms with E-state index in [9.17, 15) is 0 Å². The third-order valence-electron chi connectivity index (χ3n) is 1.49. The minimum atomic E-state index is 0.270. The van der Waals surface area contributed by atoms with Crippen LogP contribution in [0.4, 0.5) is 0 Å². The lowest BCUT2D eigenvalue weighted by Crippen LogP contribution is -1.81. The quantitative estimate of drug-likeness (QED) is 0.605. The number of nitrogens with zero attached hydrogens (tertiary/aromatic N) is 1. The molecule has 0 aliphatic carbocycles.